The van der Waals surface area contributed by atoms with Crippen molar-refractivity contribution >= 4 is 22.9 Å². The van der Waals surface area contributed by atoms with Crippen LogP contribution in [-0.2, 0) is 0 Å². The third kappa shape index (κ3) is 2.59. The maximum Gasteiger partial charge on any atom is 0.296 e. The number of nitrogen functional groups attached to an aromatic ring is 1. The topological polar surface area (TPSA) is 109 Å². The molecule has 8 heteroatoms. The van der Waals surface area contributed by atoms with Crippen LogP contribution in [0.4, 0.5) is 22.9 Å². The number of rotatable bonds is 2. The van der Waals surface area contributed by atoms with Gasteiger partial charge in [-0.25, -0.2) is 9.63 Å². The number of anilines is 3. The molecule has 2 heterocycles. The van der Waals surface area contributed by atoms with E-state index < -0.39 is 10.5 Å². The summed E-state index contributed by atoms with van der Waals surface area (Å²) in [5, 5.41) is 23.2. The van der Waals surface area contributed by atoms with Crippen molar-refractivity contribution in [3.63, 3.8) is 0 Å². The minimum Gasteiger partial charge on any atom is -0.711 e. The van der Waals surface area contributed by atoms with Crippen molar-refractivity contribution in [3.05, 3.63) is 51.9 Å². The van der Waals surface area contributed by atoms with Crippen LogP contribution in [0.3, 0.4) is 0 Å². The zero-order chi connectivity index (χ0) is 16.8. The smallest absolute Gasteiger partial charge is 0.296 e. The molecule has 0 spiro atoms. The second kappa shape index (κ2) is 5.01. The lowest BCUT2D eigenvalue weighted by molar-refractivity contribution is -0.592. The Morgan fingerprint density at radius 3 is 2.78 bits per heavy atom. The quantitative estimate of drug-likeness (QED) is 0.299. The van der Waals surface area contributed by atoms with Gasteiger partial charge in [-0.2, -0.15) is 0 Å². The number of benzene rings is 1. The number of nitrogens with two attached hydrogens (primary N) is 1. The van der Waals surface area contributed by atoms with Gasteiger partial charge < -0.3 is 15.7 Å². The van der Waals surface area contributed by atoms with Crippen LogP contribution in [0.25, 0.3) is 0 Å². The van der Waals surface area contributed by atoms with E-state index >= 15 is 0 Å². The fourth-order valence-electron chi connectivity index (χ4n) is 2.65. The fourth-order valence-corrected chi connectivity index (χ4v) is 2.65. The maximum absolute atomic E-state index is 12.1. The number of ether oxygens (including phenoxy) is 1. The van der Waals surface area contributed by atoms with Gasteiger partial charge >= 0.3 is 0 Å². The van der Waals surface area contributed by atoms with E-state index in [1.807, 2.05) is 13.8 Å². The molecule has 0 aliphatic carbocycles. The summed E-state index contributed by atoms with van der Waals surface area (Å²) in [7, 11) is 0. The molecule has 120 valence electrons. The summed E-state index contributed by atoms with van der Waals surface area (Å²) in [6, 6.07) is 7.78. The molecule has 1 aliphatic heterocycles. The van der Waals surface area contributed by atoms with Gasteiger partial charge in [-0.1, -0.05) is 6.07 Å². The van der Waals surface area contributed by atoms with E-state index in [-0.39, 0.29) is 11.4 Å². The summed E-state index contributed by atoms with van der Waals surface area (Å²) in [6.07, 6.45) is 1.38. The van der Waals surface area contributed by atoms with E-state index in [1.165, 1.54) is 18.3 Å². The van der Waals surface area contributed by atoms with Crippen molar-refractivity contribution in [1.29, 1.82) is 0 Å². The summed E-state index contributed by atoms with van der Waals surface area (Å²) >= 11 is 0. The summed E-state index contributed by atoms with van der Waals surface area (Å²) in [6.45, 7) is 4.12. The Kier molecular flexibility index (Phi) is 3.24. The second-order valence-electron chi connectivity index (χ2n) is 5.97. The lowest BCUT2D eigenvalue weighted by Gasteiger charge is -2.36. The highest BCUT2D eigenvalue weighted by Crippen LogP contribution is 2.44. The molecule has 0 bridgehead atoms. The van der Waals surface area contributed by atoms with Crippen LogP contribution in [-0.4, -0.2) is 17.1 Å². The Labute approximate surface area is 132 Å². The first-order valence-electron chi connectivity index (χ1n) is 7.01. The monoisotopic (exact) mass is 316 g/mol. The standard InChI is InChI=1S/C15H16N4O4/c1-15(2)9-17(14-5-3-4-6-18(14)20)12-8-11(19(21)22)10(16)7-13(12)23-15/h3-8H,9,16H2,1-2H3. The molecule has 2 N–H and O–H groups in total. The first-order chi connectivity index (χ1) is 10.8. The van der Waals surface area contributed by atoms with E-state index in [0.29, 0.717) is 28.5 Å². The van der Waals surface area contributed by atoms with Crippen LogP contribution < -0.4 is 20.1 Å². The van der Waals surface area contributed by atoms with E-state index in [1.54, 1.807) is 23.1 Å². The van der Waals surface area contributed by atoms with E-state index in [4.69, 9.17) is 10.5 Å². The van der Waals surface area contributed by atoms with Crippen molar-refractivity contribution < 1.29 is 14.4 Å². The van der Waals surface area contributed by atoms with Gasteiger partial charge in [0.15, 0.2) is 11.4 Å². The Bertz CT molecular complexity index is 791. The molecule has 2 aromatic rings. The minimum absolute atomic E-state index is 0.0226. The Balaban J connectivity index is 2.21. The molecule has 0 atom stereocenters. The molecule has 0 radical (unpaired) electrons. The normalized spacial score (nSPS) is 15.7. The molecular formula is C15H16N4O4. The zero-order valence-corrected chi connectivity index (χ0v) is 12.7. The van der Waals surface area contributed by atoms with E-state index in [9.17, 15) is 15.3 Å². The van der Waals surface area contributed by atoms with Crippen LogP contribution in [0.15, 0.2) is 36.5 Å². The molecule has 0 amide bonds. The highest BCUT2D eigenvalue weighted by Gasteiger charge is 2.40. The summed E-state index contributed by atoms with van der Waals surface area (Å²) < 4.78 is 6.59. The number of hydrogen-bond donors (Lipinski definition) is 1. The molecule has 1 aromatic carbocycles. The Hall–Kier alpha value is -3.03. The van der Waals surface area contributed by atoms with Crippen LogP contribution in [0.2, 0.25) is 0 Å². The largest absolute Gasteiger partial charge is 0.711 e. The number of fused-ring (bicyclic) bond motifs is 1. The second-order valence-corrected chi connectivity index (χ2v) is 5.97. The number of pyridine rings is 1. The third-order valence-electron chi connectivity index (χ3n) is 3.60. The number of nitro groups is 1. The Morgan fingerprint density at radius 1 is 1.39 bits per heavy atom. The van der Waals surface area contributed by atoms with Crippen molar-refractivity contribution in [1.82, 2.24) is 0 Å². The first-order valence-corrected chi connectivity index (χ1v) is 7.01. The molecule has 3 rings (SSSR count). The van der Waals surface area contributed by atoms with Crippen molar-refractivity contribution in [2.45, 2.75) is 19.4 Å². The lowest BCUT2D eigenvalue weighted by atomic mass is 10.0. The van der Waals surface area contributed by atoms with Crippen molar-refractivity contribution in [2.24, 2.45) is 0 Å². The summed E-state index contributed by atoms with van der Waals surface area (Å²) in [5.74, 6) is 0.775. The molecule has 0 fully saturated rings. The average Bonchev–Trinajstić information content (AvgIpc) is 2.45. The molecular weight excluding hydrogens is 300 g/mol. The Morgan fingerprint density at radius 2 is 2.13 bits per heavy atom. The number of nitro benzene ring substituents is 1. The van der Waals surface area contributed by atoms with Gasteiger partial charge in [0.25, 0.3) is 11.5 Å². The first kappa shape index (κ1) is 14.9. The number of nitrogens with zero attached hydrogens (tertiary/aromatic N) is 3. The van der Waals surface area contributed by atoms with Crippen LogP contribution in [0.1, 0.15) is 13.8 Å². The molecule has 1 aliphatic rings. The van der Waals surface area contributed by atoms with Gasteiger partial charge in [0.2, 0.25) is 0 Å². The van der Waals surface area contributed by atoms with Gasteiger partial charge in [0.05, 0.1) is 17.2 Å². The van der Waals surface area contributed by atoms with Crippen LogP contribution in [0, 0.1) is 15.3 Å². The highest BCUT2D eigenvalue weighted by atomic mass is 16.6. The molecule has 1 aromatic heterocycles. The maximum atomic E-state index is 12.1. The number of aromatic nitrogens is 1. The van der Waals surface area contributed by atoms with Gasteiger partial charge in [0.1, 0.15) is 17.8 Å². The molecule has 0 saturated carbocycles. The summed E-state index contributed by atoms with van der Waals surface area (Å²) in [5.41, 5.74) is 5.41. The molecule has 0 unspecified atom stereocenters. The van der Waals surface area contributed by atoms with Gasteiger partial charge in [-0.05, 0) is 19.9 Å². The predicted molar refractivity (Wildman–Crippen MR) is 84.6 cm³/mol. The third-order valence-corrected chi connectivity index (χ3v) is 3.60. The predicted octanol–water partition coefficient (Wildman–Crippen LogP) is 2.12. The van der Waals surface area contributed by atoms with Gasteiger partial charge in [-0.3, -0.25) is 10.1 Å². The van der Waals surface area contributed by atoms with Crippen LogP contribution >= 0.6 is 0 Å². The lowest BCUT2D eigenvalue weighted by Crippen LogP contribution is -2.48. The molecule has 23 heavy (non-hydrogen) atoms. The van der Waals surface area contributed by atoms with Gasteiger partial charge in [-0.15, -0.1) is 0 Å². The average molecular weight is 316 g/mol. The summed E-state index contributed by atoms with van der Waals surface area (Å²) in [4.78, 5) is 12.3. The van der Waals surface area contributed by atoms with E-state index in [0.717, 1.165) is 0 Å². The molecule has 8 nitrogen and oxygen atoms in total. The van der Waals surface area contributed by atoms with Crippen LogP contribution in [0.5, 0.6) is 5.75 Å². The SMILES string of the molecule is CC1(C)CN(c2cccc[n+]2[O-])c2cc([N+](=O)[O-])c(N)cc2O1. The number of hydrogen-bond acceptors (Lipinski definition) is 6. The minimum atomic E-state index is -0.585. The fraction of sp³-hybridized carbons (Fsp3) is 0.267. The zero-order valence-electron chi connectivity index (χ0n) is 12.7. The van der Waals surface area contributed by atoms with Crippen molar-refractivity contribution in [2.75, 3.05) is 17.2 Å². The van der Waals surface area contributed by atoms with Crippen molar-refractivity contribution in [3.8, 4) is 5.75 Å². The van der Waals surface area contributed by atoms with Gasteiger partial charge in [0, 0.05) is 12.1 Å². The highest BCUT2D eigenvalue weighted by molar-refractivity contribution is 5.77. The molecule has 0 saturated heterocycles. The van der Waals surface area contributed by atoms with E-state index in [2.05, 4.69) is 0 Å².